The monoisotopic (exact) mass is 296 g/mol. The maximum Gasteiger partial charge on any atom is 0.159 e. The Hall–Kier alpha value is -3.20. The molecule has 3 heterocycles. The summed E-state index contributed by atoms with van der Waals surface area (Å²) in [4.78, 5) is 9.09. The molecule has 0 amide bonds. The van der Waals surface area contributed by atoms with E-state index in [0.29, 0.717) is 0 Å². The Bertz CT molecular complexity index is 1170. The van der Waals surface area contributed by atoms with Crippen LogP contribution < -0.4 is 0 Å². The minimum Gasteiger partial charge on any atom is -0.456 e. The lowest BCUT2D eigenvalue weighted by Crippen LogP contribution is -1.88. The number of rotatable bonds is 1. The number of hydrogen-bond acceptors (Lipinski definition) is 3. The first-order valence-corrected chi connectivity index (χ1v) is 7.52. The fourth-order valence-electron chi connectivity index (χ4n) is 3.09. The van der Waals surface area contributed by atoms with Gasteiger partial charge in [-0.1, -0.05) is 30.3 Å². The van der Waals surface area contributed by atoms with Crippen LogP contribution in [0.2, 0.25) is 0 Å². The van der Waals surface area contributed by atoms with E-state index in [1.54, 1.807) is 6.20 Å². The molecule has 0 aliphatic rings. The second-order valence-corrected chi connectivity index (χ2v) is 5.52. The predicted molar refractivity (Wildman–Crippen MR) is 92.3 cm³/mol. The van der Waals surface area contributed by atoms with Crippen LogP contribution in [-0.4, -0.2) is 9.97 Å². The molecular formula is C20H12N2O. The lowest BCUT2D eigenvalue weighted by molar-refractivity contribution is 0.669. The van der Waals surface area contributed by atoms with Crippen molar-refractivity contribution in [1.82, 2.24) is 9.97 Å². The molecule has 3 aromatic heterocycles. The van der Waals surface area contributed by atoms with Crippen molar-refractivity contribution >= 4 is 33.0 Å². The third-order valence-corrected chi connectivity index (χ3v) is 4.14. The van der Waals surface area contributed by atoms with Crippen molar-refractivity contribution in [2.24, 2.45) is 0 Å². The molecule has 0 N–H and O–H groups in total. The van der Waals surface area contributed by atoms with Crippen LogP contribution >= 0.6 is 0 Å². The van der Waals surface area contributed by atoms with E-state index >= 15 is 0 Å². The molecule has 0 fully saturated rings. The molecule has 0 spiro atoms. The number of para-hydroxylation sites is 1. The summed E-state index contributed by atoms with van der Waals surface area (Å²) < 4.78 is 5.96. The predicted octanol–water partition coefficient (Wildman–Crippen LogP) is 5.20. The van der Waals surface area contributed by atoms with E-state index in [9.17, 15) is 0 Å². The van der Waals surface area contributed by atoms with Crippen molar-refractivity contribution in [2.45, 2.75) is 0 Å². The van der Waals surface area contributed by atoms with Crippen molar-refractivity contribution in [1.29, 1.82) is 0 Å². The Morgan fingerprint density at radius 3 is 2.65 bits per heavy atom. The smallest absolute Gasteiger partial charge is 0.159 e. The molecule has 0 aliphatic carbocycles. The normalized spacial score (nSPS) is 11.5. The molecular weight excluding hydrogens is 284 g/mol. The van der Waals surface area contributed by atoms with Crippen LogP contribution in [0.3, 0.4) is 0 Å². The average Bonchev–Trinajstić information content (AvgIpc) is 3.00. The van der Waals surface area contributed by atoms with Crippen LogP contribution in [0.4, 0.5) is 0 Å². The molecule has 0 unspecified atom stereocenters. The quantitative estimate of drug-likeness (QED) is 0.427. The first kappa shape index (κ1) is 12.4. The first-order valence-electron chi connectivity index (χ1n) is 7.52. The summed E-state index contributed by atoms with van der Waals surface area (Å²) in [6, 6.07) is 22.2. The van der Waals surface area contributed by atoms with E-state index in [2.05, 4.69) is 23.2 Å². The number of pyridine rings is 2. The van der Waals surface area contributed by atoms with Gasteiger partial charge in [-0.2, -0.15) is 0 Å². The Labute approximate surface area is 132 Å². The van der Waals surface area contributed by atoms with Crippen molar-refractivity contribution in [3.8, 4) is 11.3 Å². The molecule has 108 valence electrons. The van der Waals surface area contributed by atoms with Crippen molar-refractivity contribution < 1.29 is 4.42 Å². The van der Waals surface area contributed by atoms with Gasteiger partial charge >= 0.3 is 0 Å². The van der Waals surface area contributed by atoms with Crippen LogP contribution in [0.1, 0.15) is 0 Å². The number of fused-ring (bicyclic) bond motifs is 4. The molecule has 23 heavy (non-hydrogen) atoms. The van der Waals surface area contributed by atoms with Gasteiger partial charge in [0, 0.05) is 27.9 Å². The van der Waals surface area contributed by atoms with E-state index in [4.69, 9.17) is 9.40 Å². The highest BCUT2D eigenvalue weighted by atomic mass is 16.3. The molecule has 3 nitrogen and oxygen atoms in total. The average molecular weight is 296 g/mol. The van der Waals surface area contributed by atoms with Crippen molar-refractivity contribution in [3.63, 3.8) is 0 Å². The zero-order valence-electron chi connectivity index (χ0n) is 12.2. The van der Waals surface area contributed by atoms with E-state index in [0.717, 1.165) is 44.2 Å². The third kappa shape index (κ3) is 1.83. The highest BCUT2D eigenvalue weighted by molar-refractivity contribution is 6.12. The summed E-state index contributed by atoms with van der Waals surface area (Å²) in [5.74, 6) is 0. The molecule has 0 aliphatic heterocycles. The maximum absolute atomic E-state index is 5.96. The third-order valence-electron chi connectivity index (χ3n) is 4.14. The van der Waals surface area contributed by atoms with Crippen LogP contribution in [0, 0.1) is 0 Å². The molecule has 0 saturated carbocycles. The van der Waals surface area contributed by atoms with E-state index in [1.807, 2.05) is 48.5 Å². The van der Waals surface area contributed by atoms with Gasteiger partial charge in [0.2, 0.25) is 0 Å². The van der Waals surface area contributed by atoms with Gasteiger partial charge in [0.25, 0.3) is 0 Å². The summed E-state index contributed by atoms with van der Waals surface area (Å²) in [5.41, 5.74) is 4.52. The maximum atomic E-state index is 5.96. The van der Waals surface area contributed by atoms with Crippen LogP contribution in [0.5, 0.6) is 0 Å². The fourth-order valence-corrected chi connectivity index (χ4v) is 3.09. The molecule has 0 atom stereocenters. The van der Waals surface area contributed by atoms with E-state index in [-0.39, 0.29) is 0 Å². The first-order chi connectivity index (χ1) is 11.4. The SMILES string of the molecule is c1cnc2nc(-c3cccc4oc5ccccc5c34)ccc2c1. The highest BCUT2D eigenvalue weighted by Gasteiger charge is 2.13. The van der Waals surface area contributed by atoms with Gasteiger partial charge in [-0.25, -0.2) is 9.97 Å². The van der Waals surface area contributed by atoms with Gasteiger partial charge in [0.15, 0.2) is 5.65 Å². The molecule has 0 radical (unpaired) electrons. The fraction of sp³-hybridized carbons (Fsp3) is 0. The zero-order chi connectivity index (χ0) is 15.2. The number of furan rings is 1. The van der Waals surface area contributed by atoms with Crippen LogP contribution in [-0.2, 0) is 0 Å². The minimum atomic E-state index is 0.759. The van der Waals surface area contributed by atoms with Crippen molar-refractivity contribution in [3.05, 3.63) is 72.9 Å². The topological polar surface area (TPSA) is 38.9 Å². The second kappa shape index (κ2) is 4.65. The van der Waals surface area contributed by atoms with Gasteiger partial charge in [-0.05, 0) is 36.4 Å². The number of aromatic nitrogens is 2. The Kier molecular flexibility index (Phi) is 2.50. The lowest BCUT2D eigenvalue weighted by atomic mass is 10.0. The van der Waals surface area contributed by atoms with Gasteiger partial charge in [0.05, 0.1) is 5.69 Å². The van der Waals surface area contributed by atoms with E-state index < -0.39 is 0 Å². The Morgan fingerprint density at radius 2 is 1.65 bits per heavy atom. The standard InChI is InChI=1S/C20H12N2O/c1-2-8-17-15(6-1)19-14(7-3-9-18(19)23-17)16-11-10-13-5-4-12-21-20(13)22-16/h1-12H. The molecule has 3 heteroatoms. The summed E-state index contributed by atoms with van der Waals surface area (Å²) in [5, 5.41) is 3.26. The summed E-state index contributed by atoms with van der Waals surface area (Å²) in [6.07, 6.45) is 1.77. The summed E-state index contributed by atoms with van der Waals surface area (Å²) in [6.45, 7) is 0. The van der Waals surface area contributed by atoms with Gasteiger partial charge in [-0.3, -0.25) is 0 Å². The van der Waals surface area contributed by atoms with Gasteiger partial charge in [0.1, 0.15) is 11.2 Å². The van der Waals surface area contributed by atoms with Crippen LogP contribution in [0.25, 0.3) is 44.2 Å². The minimum absolute atomic E-state index is 0.759. The molecule has 5 aromatic rings. The highest BCUT2D eigenvalue weighted by Crippen LogP contribution is 2.35. The Morgan fingerprint density at radius 1 is 0.739 bits per heavy atom. The second-order valence-electron chi connectivity index (χ2n) is 5.52. The summed E-state index contributed by atoms with van der Waals surface area (Å²) in [7, 11) is 0. The molecule has 5 rings (SSSR count). The number of nitrogens with zero attached hydrogens (tertiary/aromatic N) is 2. The Balaban J connectivity index is 1.87. The van der Waals surface area contributed by atoms with Crippen molar-refractivity contribution in [2.75, 3.05) is 0 Å². The van der Waals surface area contributed by atoms with E-state index in [1.165, 1.54) is 0 Å². The largest absolute Gasteiger partial charge is 0.456 e. The number of benzene rings is 2. The van der Waals surface area contributed by atoms with Gasteiger partial charge in [-0.15, -0.1) is 0 Å². The van der Waals surface area contributed by atoms with Gasteiger partial charge < -0.3 is 4.42 Å². The van der Waals surface area contributed by atoms with Crippen LogP contribution in [0.15, 0.2) is 77.3 Å². The molecule has 0 bridgehead atoms. The summed E-state index contributed by atoms with van der Waals surface area (Å²) >= 11 is 0. The lowest BCUT2D eigenvalue weighted by Gasteiger charge is -2.04. The molecule has 0 saturated heterocycles. The zero-order valence-corrected chi connectivity index (χ0v) is 12.2. The number of hydrogen-bond donors (Lipinski definition) is 0. The molecule has 2 aromatic carbocycles.